The minimum absolute atomic E-state index is 0.100. The van der Waals surface area contributed by atoms with E-state index in [-0.39, 0.29) is 30.8 Å². The van der Waals surface area contributed by atoms with Gasteiger partial charge in [-0.2, -0.15) is 47.9 Å². The summed E-state index contributed by atoms with van der Waals surface area (Å²) in [5.74, 6) is -16.5. The number of Topliss-reactive ketones (excluding diaryl/α,β-unsaturated/α-hetero) is 1. The number of halogens is 9. The summed E-state index contributed by atoms with van der Waals surface area (Å²) in [4.78, 5) is 11.8. The van der Waals surface area contributed by atoms with E-state index in [0.717, 1.165) is 0 Å². The average Bonchev–Trinajstić information content (AvgIpc) is 2.92. The zero-order valence-electron chi connectivity index (χ0n) is 14.3. The highest BCUT2D eigenvalue weighted by Gasteiger charge is 2.86. The zero-order chi connectivity index (χ0) is 22.2. The highest BCUT2D eigenvalue weighted by molar-refractivity contribution is 8.33. The Morgan fingerprint density at radius 1 is 0.929 bits per heavy atom. The summed E-state index contributed by atoms with van der Waals surface area (Å²) in [6.07, 6.45) is -6.58. The number of hydrogen-bond donors (Lipinski definition) is 0. The molecule has 168 valence electrons. The minimum Gasteiger partial charge on any atom is -0.299 e. The third-order valence-corrected chi connectivity index (χ3v) is 9.57. The number of ketones is 1. The van der Waals surface area contributed by atoms with Gasteiger partial charge in [-0.15, -0.1) is 10.3 Å². The lowest BCUT2D eigenvalue weighted by molar-refractivity contribution is -0.382. The van der Waals surface area contributed by atoms with E-state index in [9.17, 15) is 52.7 Å². The summed E-state index contributed by atoms with van der Waals surface area (Å²) < 4.78 is 144. The Morgan fingerprint density at radius 3 is 1.79 bits per heavy atom. The zero-order valence-corrected chi connectivity index (χ0v) is 15.9. The largest absolute Gasteiger partial charge is 0.460 e. The fourth-order valence-electron chi connectivity index (χ4n) is 2.46. The van der Waals surface area contributed by atoms with Crippen molar-refractivity contribution in [1.82, 2.24) is 0 Å². The molecule has 15 heteroatoms. The van der Waals surface area contributed by atoms with Gasteiger partial charge in [-0.05, 0) is 19.3 Å². The van der Waals surface area contributed by atoms with Gasteiger partial charge in [0.2, 0.25) is 0 Å². The molecule has 0 aromatic rings. The Bertz CT molecular complexity index is 683. The summed E-state index contributed by atoms with van der Waals surface area (Å²) in [6, 6.07) is 0. The van der Waals surface area contributed by atoms with E-state index in [1.54, 1.807) is 6.92 Å². The predicted molar refractivity (Wildman–Crippen MR) is 82.2 cm³/mol. The molecule has 4 nitrogen and oxygen atoms in total. The first kappa shape index (κ1) is 25.3. The second kappa shape index (κ2) is 7.85. The van der Waals surface area contributed by atoms with Crippen LogP contribution in [-0.4, -0.2) is 54.7 Å². The third kappa shape index (κ3) is 4.40. The van der Waals surface area contributed by atoms with E-state index in [2.05, 4.69) is 3.63 Å². The molecule has 1 rings (SSSR count). The molecule has 28 heavy (non-hydrogen) atoms. The van der Waals surface area contributed by atoms with Crippen LogP contribution in [-0.2, 0) is 18.5 Å². The first-order valence-corrected chi connectivity index (χ1v) is 11.3. The van der Waals surface area contributed by atoms with E-state index >= 15 is 0 Å². The maximum atomic E-state index is 13.8. The first-order valence-electron chi connectivity index (χ1n) is 7.81. The van der Waals surface area contributed by atoms with Gasteiger partial charge in [0.1, 0.15) is 5.78 Å². The molecule has 0 aliphatic carbocycles. The lowest BCUT2D eigenvalue weighted by Crippen LogP contribution is -2.63. The molecule has 0 unspecified atom stereocenters. The normalized spacial score (nSPS) is 20.2. The molecule has 0 N–H and O–H groups in total. The van der Waals surface area contributed by atoms with Gasteiger partial charge < -0.3 is 0 Å². The fourth-order valence-corrected chi connectivity index (χ4v) is 8.19. The molecule has 0 saturated carbocycles. The summed E-state index contributed by atoms with van der Waals surface area (Å²) >= 11 is 0. The SMILES string of the molecule is CCCC(=O)CS1(OS(=O)(=O)C(F)(F)C(F)(F)C(F)(F)C(F)(F)F)CCCC1. The third-order valence-electron chi connectivity index (χ3n) is 3.90. The number of alkyl halides is 9. The Hall–Kier alpha value is -0.700. The second-order valence-corrected chi connectivity index (χ2v) is 11.2. The van der Waals surface area contributed by atoms with Crippen molar-refractivity contribution in [2.45, 2.75) is 55.9 Å². The summed E-state index contributed by atoms with van der Waals surface area (Å²) in [7, 11) is -10.2. The van der Waals surface area contributed by atoms with Gasteiger partial charge in [0.05, 0.1) is 5.75 Å². The predicted octanol–water partition coefficient (Wildman–Crippen LogP) is 4.64. The van der Waals surface area contributed by atoms with Gasteiger partial charge >= 0.3 is 33.4 Å². The summed E-state index contributed by atoms with van der Waals surface area (Å²) in [6.45, 7) is 1.57. The number of rotatable bonds is 9. The van der Waals surface area contributed by atoms with Crippen LogP contribution in [0.25, 0.3) is 0 Å². The highest BCUT2D eigenvalue weighted by Crippen LogP contribution is 2.61. The number of carbonyl (C=O) groups excluding carboxylic acids is 1. The Morgan fingerprint density at radius 2 is 1.39 bits per heavy atom. The molecule has 0 atom stereocenters. The summed E-state index contributed by atoms with van der Waals surface area (Å²) in [5, 5.41) is -6.89. The molecule has 0 bridgehead atoms. The molecule has 1 saturated heterocycles. The molecule has 1 fully saturated rings. The van der Waals surface area contributed by atoms with Crippen LogP contribution in [0.2, 0.25) is 0 Å². The molecule has 1 aliphatic heterocycles. The monoisotopic (exact) mass is 472 g/mol. The lowest BCUT2D eigenvalue weighted by Gasteiger charge is -2.37. The van der Waals surface area contributed by atoms with Crippen LogP contribution in [0.5, 0.6) is 0 Å². The van der Waals surface area contributed by atoms with Crippen LogP contribution in [0, 0.1) is 0 Å². The van der Waals surface area contributed by atoms with Gasteiger partial charge in [-0.25, -0.2) is 3.63 Å². The van der Waals surface area contributed by atoms with E-state index in [0.29, 0.717) is 6.42 Å². The number of carbonyl (C=O) groups is 1. The topological polar surface area (TPSA) is 60.4 Å². The van der Waals surface area contributed by atoms with Crippen molar-refractivity contribution in [3.63, 3.8) is 0 Å². The standard InChI is InChI=1S/C13H17F9O4S2/c1-2-5-9(23)8-27(6-3-4-7-27)26-28(24,25)13(21,22)11(16,17)10(14,15)12(18,19)20/h2-8H2,1H3. The smallest absolute Gasteiger partial charge is 0.299 e. The van der Waals surface area contributed by atoms with Crippen molar-refractivity contribution in [3.05, 3.63) is 0 Å². The first-order chi connectivity index (χ1) is 12.4. The molecule has 0 spiro atoms. The fraction of sp³-hybridized carbons (Fsp3) is 0.923. The van der Waals surface area contributed by atoms with Gasteiger partial charge in [-0.1, -0.05) is 6.92 Å². The molecule has 1 heterocycles. The second-order valence-electron chi connectivity index (χ2n) is 6.20. The Labute approximate surface area is 156 Å². The van der Waals surface area contributed by atoms with Gasteiger partial charge in [0, 0.05) is 17.9 Å². The van der Waals surface area contributed by atoms with Crippen LogP contribution in [0.15, 0.2) is 0 Å². The van der Waals surface area contributed by atoms with Crippen LogP contribution in [0.3, 0.4) is 0 Å². The van der Waals surface area contributed by atoms with E-state index in [1.165, 1.54) is 0 Å². The quantitative estimate of drug-likeness (QED) is 0.459. The molecule has 0 radical (unpaired) electrons. The van der Waals surface area contributed by atoms with Crippen molar-refractivity contribution < 1.29 is 56.4 Å². The van der Waals surface area contributed by atoms with Gasteiger partial charge in [0.25, 0.3) is 0 Å². The summed E-state index contributed by atoms with van der Waals surface area (Å²) in [5.41, 5.74) is 0. The highest BCUT2D eigenvalue weighted by atomic mass is 32.3. The Kier molecular flexibility index (Phi) is 7.11. The molecule has 0 aromatic carbocycles. The van der Waals surface area contributed by atoms with Crippen LogP contribution in [0.1, 0.15) is 32.6 Å². The minimum atomic E-state index is -7.35. The van der Waals surface area contributed by atoms with E-state index in [1.807, 2.05) is 0 Å². The van der Waals surface area contributed by atoms with Crippen molar-refractivity contribution in [1.29, 1.82) is 0 Å². The molecular weight excluding hydrogens is 455 g/mol. The maximum absolute atomic E-state index is 13.8. The lowest BCUT2D eigenvalue weighted by atomic mass is 10.1. The Balaban J connectivity index is 3.30. The molecular formula is C13H17F9O4S2. The van der Waals surface area contributed by atoms with Crippen molar-refractivity contribution in [2.75, 3.05) is 17.3 Å². The molecule has 1 aliphatic rings. The van der Waals surface area contributed by atoms with Crippen LogP contribution >= 0.6 is 10.3 Å². The van der Waals surface area contributed by atoms with Crippen LogP contribution < -0.4 is 0 Å². The molecule has 0 amide bonds. The van der Waals surface area contributed by atoms with Crippen LogP contribution in [0.4, 0.5) is 39.5 Å². The molecule has 0 aromatic heterocycles. The van der Waals surface area contributed by atoms with E-state index < -0.39 is 55.2 Å². The van der Waals surface area contributed by atoms with Crippen molar-refractivity contribution in [2.24, 2.45) is 0 Å². The maximum Gasteiger partial charge on any atom is 0.460 e. The van der Waals surface area contributed by atoms with Gasteiger partial charge in [0.15, 0.2) is 0 Å². The van der Waals surface area contributed by atoms with Crippen molar-refractivity contribution >= 4 is 26.2 Å². The number of hydrogen-bond acceptors (Lipinski definition) is 4. The van der Waals surface area contributed by atoms with Crippen molar-refractivity contribution in [3.8, 4) is 0 Å². The average molecular weight is 472 g/mol. The van der Waals surface area contributed by atoms with Gasteiger partial charge in [-0.3, -0.25) is 4.79 Å². The van der Waals surface area contributed by atoms with E-state index in [4.69, 9.17) is 0 Å².